The minimum Gasteiger partial charge on any atom is -0.391 e. The number of nitrogens with two attached hydrogens (primary N) is 1. The summed E-state index contributed by atoms with van der Waals surface area (Å²) in [7, 11) is 0. The molecule has 0 unspecified atom stereocenters. The van der Waals surface area contributed by atoms with Crippen LogP contribution in [-0.4, -0.2) is 29.2 Å². The number of amidine groups is 1. The molecule has 0 aromatic carbocycles. The highest BCUT2D eigenvalue weighted by Gasteiger charge is 2.13. The predicted molar refractivity (Wildman–Crippen MR) is 36.9 cm³/mol. The molecule has 56 valence electrons. The lowest BCUT2D eigenvalue weighted by atomic mass is 10.2. The van der Waals surface area contributed by atoms with Gasteiger partial charge in [-0.3, -0.25) is 10.4 Å². The fourth-order valence-electron chi connectivity index (χ4n) is 0.720. The van der Waals surface area contributed by atoms with Gasteiger partial charge in [0, 0.05) is 11.8 Å². The standard InChI is InChI=1S/C5H10N4O/c6-5-4(2-10)1-8-3-9(5)7/h1,6,8,10H,2-3,7H2. The summed E-state index contributed by atoms with van der Waals surface area (Å²) in [6.07, 6.45) is 1.59. The van der Waals surface area contributed by atoms with Gasteiger partial charge in [-0.05, 0) is 0 Å². The van der Waals surface area contributed by atoms with E-state index < -0.39 is 0 Å². The number of hydrogen-bond acceptors (Lipinski definition) is 4. The molecular weight excluding hydrogens is 132 g/mol. The second-order valence-corrected chi connectivity index (χ2v) is 2.01. The minimum absolute atomic E-state index is 0.153. The molecule has 0 saturated heterocycles. The van der Waals surface area contributed by atoms with Crippen LogP contribution in [0.5, 0.6) is 0 Å². The second kappa shape index (κ2) is 2.68. The molecule has 1 heterocycles. The maximum atomic E-state index is 8.65. The molecule has 5 N–H and O–H groups in total. The van der Waals surface area contributed by atoms with Crippen LogP contribution in [0.2, 0.25) is 0 Å². The lowest BCUT2D eigenvalue weighted by molar-refractivity contribution is 0.323. The Hall–Kier alpha value is -1.07. The van der Waals surface area contributed by atoms with Crippen LogP contribution < -0.4 is 11.2 Å². The number of nitrogens with one attached hydrogen (secondary N) is 2. The first-order valence-corrected chi connectivity index (χ1v) is 2.90. The maximum absolute atomic E-state index is 8.65. The van der Waals surface area contributed by atoms with Gasteiger partial charge in [0.25, 0.3) is 0 Å². The number of rotatable bonds is 1. The summed E-state index contributed by atoms with van der Waals surface area (Å²) >= 11 is 0. The van der Waals surface area contributed by atoms with Crippen molar-refractivity contribution in [3.8, 4) is 0 Å². The van der Waals surface area contributed by atoms with Crippen molar-refractivity contribution in [2.75, 3.05) is 13.3 Å². The Bertz CT molecular complexity index is 176. The molecule has 0 radical (unpaired) electrons. The molecule has 0 amide bonds. The van der Waals surface area contributed by atoms with E-state index in [2.05, 4.69) is 5.32 Å². The first-order valence-electron chi connectivity index (χ1n) is 2.90. The topological polar surface area (TPSA) is 85.4 Å². The van der Waals surface area contributed by atoms with Crippen LogP contribution in [0.4, 0.5) is 0 Å². The van der Waals surface area contributed by atoms with Crippen molar-refractivity contribution in [1.82, 2.24) is 10.3 Å². The molecule has 0 spiro atoms. The van der Waals surface area contributed by atoms with Crippen LogP contribution in [0.25, 0.3) is 0 Å². The zero-order chi connectivity index (χ0) is 7.56. The molecule has 10 heavy (non-hydrogen) atoms. The monoisotopic (exact) mass is 142 g/mol. The van der Waals surface area contributed by atoms with Crippen molar-refractivity contribution in [2.24, 2.45) is 5.84 Å². The Morgan fingerprint density at radius 2 is 2.60 bits per heavy atom. The van der Waals surface area contributed by atoms with Crippen molar-refractivity contribution in [1.29, 1.82) is 5.41 Å². The number of hydrogen-bond donors (Lipinski definition) is 4. The van der Waals surface area contributed by atoms with Crippen LogP contribution >= 0.6 is 0 Å². The normalized spacial score (nSPS) is 18.4. The third kappa shape index (κ3) is 1.09. The number of aliphatic hydroxyl groups is 1. The molecule has 1 aliphatic heterocycles. The van der Waals surface area contributed by atoms with Crippen molar-refractivity contribution in [3.05, 3.63) is 11.8 Å². The van der Waals surface area contributed by atoms with E-state index in [0.29, 0.717) is 12.2 Å². The summed E-state index contributed by atoms with van der Waals surface area (Å²) in [5.74, 6) is 5.51. The summed E-state index contributed by atoms with van der Waals surface area (Å²) in [6.45, 7) is 0.266. The maximum Gasteiger partial charge on any atom is 0.143 e. The Morgan fingerprint density at radius 3 is 3.10 bits per heavy atom. The summed E-state index contributed by atoms with van der Waals surface area (Å²) in [4.78, 5) is 0. The quantitative estimate of drug-likeness (QED) is 0.338. The zero-order valence-electron chi connectivity index (χ0n) is 5.46. The summed E-state index contributed by atoms with van der Waals surface area (Å²) in [5, 5.41) is 20.0. The van der Waals surface area contributed by atoms with E-state index in [9.17, 15) is 0 Å². The van der Waals surface area contributed by atoms with Gasteiger partial charge in [-0.1, -0.05) is 0 Å². The second-order valence-electron chi connectivity index (χ2n) is 2.01. The van der Waals surface area contributed by atoms with Gasteiger partial charge in [0.05, 0.1) is 6.61 Å². The predicted octanol–water partition coefficient (Wildman–Crippen LogP) is -1.42. The van der Waals surface area contributed by atoms with Gasteiger partial charge >= 0.3 is 0 Å². The molecule has 0 fully saturated rings. The van der Waals surface area contributed by atoms with Crippen molar-refractivity contribution in [2.45, 2.75) is 0 Å². The third-order valence-electron chi connectivity index (χ3n) is 1.30. The molecule has 0 aromatic heterocycles. The Kier molecular flexibility index (Phi) is 1.88. The lowest BCUT2D eigenvalue weighted by Crippen LogP contribution is -2.47. The number of aliphatic hydroxyl groups excluding tert-OH is 1. The third-order valence-corrected chi connectivity index (χ3v) is 1.30. The first-order chi connectivity index (χ1) is 4.75. The van der Waals surface area contributed by atoms with E-state index in [1.807, 2.05) is 0 Å². The largest absolute Gasteiger partial charge is 0.391 e. The van der Waals surface area contributed by atoms with Crippen molar-refractivity contribution < 1.29 is 5.11 Å². The first kappa shape index (κ1) is 7.04. The Balaban J connectivity index is 2.72. The van der Waals surface area contributed by atoms with E-state index in [4.69, 9.17) is 16.4 Å². The molecular formula is C5H10N4O. The van der Waals surface area contributed by atoms with E-state index in [1.54, 1.807) is 6.20 Å². The van der Waals surface area contributed by atoms with Gasteiger partial charge in [0.15, 0.2) is 0 Å². The molecule has 5 heteroatoms. The number of nitrogens with zero attached hydrogens (tertiary/aromatic N) is 1. The van der Waals surface area contributed by atoms with Crippen LogP contribution in [0.15, 0.2) is 11.8 Å². The van der Waals surface area contributed by atoms with Gasteiger partial charge in [-0.2, -0.15) is 0 Å². The fraction of sp³-hybridized carbons (Fsp3) is 0.400. The van der Waals surface area contributed by atoms with E-state index in [1.165, 1.54) is 5.01 Å². The molecule has 0 aromatic rings. The molecule has 0 bridgehead atoms. The van der Waals surface area contributed by atoms with Gasteiger partial charge < -0.3 is 10.4 Å². The summed E-state index contributed by atoms with van der Waals surface area (Å²) in [5.41, 5.74) is 0.508. The fourth-order valence-corrected chi connectivity index (χ4v) is 0.720. The van der Waals surface area contributed by atoms with E-state index >= 15 is 0 Å². The van der Waals surface area contributed by atoms with Gasteiger partial charge in [-0.25, -0.2) is 5.84 Å². The van der Waals surface area contributed by atoms with Gasteiger partial charge in [0.1, 0.15) is 12.5 Å². The zero-order valence-corrected chi connectivity index (χ0v) is 5.46. The van der Waals surface area contributed by atoms with Gasteiger partial charge in [-0.15, -0.1) is 0 Å². The molecule has 0 saturated carbocycles. The van der Waals surface area contributed by atoms with Gasteiger partial charge in [0.2, 0.25) is 0 Å². The molecule has 1 aliphatic rings. The molecule has 1 rings (SSSR count). The highest BCUT2D eigenvalue weighted by Crippen LogP contribution is 1.99. The Morgan fingerprint density at radius 1 is 1.90 bits per heavy atom. The van der Waals surface area contributed by atoms with Crippen LogP contribution in [0.1, 0.15) is 0 Å². The van der Waals surface area contributed by atoms with Crippen LogP contribution in [0, 0.1) is 5.41 Å². The molecule has 0 atom stereocenters. The highest BCUT2D eigenvalue weighted by atomic mass is 16.3. The lowest BCUT2D eigenvalue weighted by Gasteiger charge is -2.24. The van der Waals surface area contributed by atoms with Crippen LogP contribution in [-0.2, 0) is 0 Å². The molecule has 5 nitrogen and oxygen atoms in total. The number of hydrazine groups is 1. The average Bonchev–Trinajstić information content (AvgIpc) is 1.95. The Labute approximate surface area is 58.6 Å². The summed E-state index contributed by atoms with van der Waals surface area (Å²) < 4.78 is 0. The smallest absolute Gasteiger partial charge is 0.143 e. The van der Waals surface area contributed by atoms with Crippen molar-refractivity contribution in [3.63, 3.8) is 0 Å². The van der Waals surface area contributed by atoms with Crippen LogP contribution in [0.3, 0.4) is 0 Å². The van der Waals surface area contributed by atoms with E-state index in [0.717, 1.165) is 0 Å². The highest BCUT2D eigenvalue weighted by molar-refractivity contribution is 5.96. The molecule has 0 aliphatic carbocycles. The van der Waals surface area contributed by atoms with E-state index in [-0.39, 0.29) is 12.4 Å². The summed E-state index contributed by atoms with van der Waals surface area (Å²) in [6, 6.07) is 0. The minimum atomic E-state index is -0.153. The average molecular weight is 142 g/mol. The SMILES string of the molecule is N=C1C(CO)=CNCN1N. The van der Waals surface area contributed by atoms with Crippen molar-refractivity contribution >= 4 is 5.84 Å².